The predicted octanol–water partition coefficient (Wildman–Crippen LogP) is 1.54. The fourth-order valence-corrected chi connectivity index (χ4v) is 1.02. The van der Waals surface area contributed by atoms with E-state index >= 15 is 0 Å². The van der Waals surface area contributed by atoms with Crippen LogP contribution in [0.25, 0.3) is 0 Å². The van der Waals surface area contributed by atoms with Crippen LogP contribution in [0, 0.1) is 5.92 Å². The highest BCUT2D eigenvalue weighted by atomic mass is 16.4. The molecule has 66 valence electrons. The number of hydrogen-bond acceptors (Lipinski definition) is 3. The first kappa shape index (κ1) is 8.84. The van der Waals surface area contributed by atoms with E-state index in [9.17, 15) is 4.79 Å². The first-order chi connectivity index (χ1) is 5.58. The fraction of sp³-hybridized carbons (Fsp3) is 0.444. The van der Waals surface area contributed by atoms with Gasteiger partial charge < -0.3 is 9.52 Å². The molecule has 1 N–H and O–H groups in total. The maximum absolute atomic E-state index is 10.8. The molecule has 1 heterocycles. The molecule has 1 aromatic rings. The van der Waals surface area contributed by atoms with E-state index in [4.69, 9.17) is 9.52 Å². The van der Waals surface area contributed by atoms with Crippen LogP contribution in [-0.2, 0) is 6.42 Å². The van der Waals surface area contributed by atoms with Crippen LogP contribution in [0.3, 0.4) is 0 Å². The molecule has 3 nitrogen and oxygen atoms in total. The third-order valence-electron chi connectivity index (χ3n) is 1.42. The maximum atomic E-state index is 10.8. The van der Waals surface area contributed by atoms with Crippen LogP contribution in [-0.4, -0.2) is 5.11 Å². The summed E-state index contributed by atoms with van der Waals surface area (Å²) in [5.41, 5.74) is -0.495. The van der Waals surface area contributed by atoms with E-state index in [0.717, 1.165) is 6.07 Å². The summed E-state index contributed by atoms with van der Waals surface area (Å²) in [5.74, 6) is 0.923. The van der Waals surface area contributed by atoms with Crippen LogP contribution >= 0.6 is 0 Å². The van der Waals surface area contributed by atoms with E-state index < -0.39 is 5.63 Å². The van der Waals surface area contributed by atoms with Gasteiger partial charge in [0.25, 0.3) is 0 Å². The van der Waals surface area contributed by atoms with Gasteiger partial charge in [0, 0.05) is 12.5 Å². The molecule has 0 spiro atoms. The van der Waals surface area contributed by atoms with E-state index in [2.05, 4.69) is 0 Å². The molecule has 0 bridgehead atoms. The number of aromatic hydroxyl groups is 1. The summed E-state index contributed by atoms with van der Waals surface area (Å²) in [7, 11) is 0. The Balaban J connectivity index is 2.93. The summed E-state index contributed by atoms with van der Waals surface area (Å²) in [5, 5.41) is 9.05. The minimum absolute atomic E-state index is 0.0260. The highest BCUT2D eigenvalue weighted by molar-refractivity contribution is 5.18. The first-order valence-corrected chi connectivity index (χ1v) is 3.91. The Hall–Kier alpha value is -1.25. The molecule has 0 aliphatic heterocycles. The first-order valence-electron chi connectivity index (χ1n) is 3.91. The van der Waals surface area contributed by atoms with Crippen molar-refractivity contribution in [1.82, 2.24) is 0 Å². The lowest BCUT2D eigenvalue weighted by molar-refractivity contribution is 0.408. The molecule has 0 radical (unpaired) electrons. The van der Waals surface area contributed by atoms with E-state index in [1.165, 1.54) is 6.07 Å². The zero-order valence-corrected chi connectivity index (χ0v) is 7.20. The van der Waals surface area contributed by atoms with Crippen LogP contribution in [0.5, 0.6) is 5.75 Å². The minimum atomic E-state index is -0.495. The van der Waals surface area contributed by atoms with Gasteiger partial charge in [0.05, 0.1) is 6.07 Å². The molecule has 0 atom stereocenters. The molecule has 0 aromatic carbocycles. The van der Waals surface area contributed by atoms with E-state index in [1.807, 2.05) is 13.8 Å². The lowest BCUT2D eigenvalue weighted by atomic mass is 10.1. The van der Waals surface area contributed by atoms with Crippen molar-refractivity contribution in [3.05, 3.63) is 28.3 Å². The smallest absolute Gasteiger partial charge is 0.339 e. The van der Waals surface area contributed by atoms with Gasteiger partial charge in [0.2, 0.25) is 0 Å². The van der Waals surface area contributed by atoms with Crippen LogP contribution in [0.4, 0.5) is 0 Å². The third-order valence-corrected chi connectivity index (χ3v) is 1.42. The van der Waals surface area contributed by atoms with Gasteiger partial charge in [-0.1, -0.05) is 13.8 Å². The number of rotatable bonds is 2. The Labute approximate surface area is 70.7 Å². The quantitative estimate of drug-likeness (QED) is 0.728. The predicted molar refractivity (Wildman–Crippen MR) is 45.2 cm³/mol. The lowest BCUT2D eigenvalue weighted by Crippen LogP contribution is -2.01. The average Bonchev–Trinajstić information content (AvgIpc) is 1.81. The Kier molecular flexibility index (Phi) is 2.53. The molecule has 1 aromatic heterocycles. The van der Waals surface area contributed by atoms with Gasteiger partial charge in [0.1, 0.15) is 11.5 Å². The van der Waals surface area contributed by atoms with Crippen molar-refractivity contribution < 1.29 is 9.52 Å². The van der Waals surface area contributed by atoms with E-state index in [1.54, 1.807) is 0 Å². The Bertz CT molecular complexity index is 312. The molecule has 0 amide bonds. The van der Waals surface area contributed by atoms with Crippen molar-refractivity contribution in [1.29, 1.82) is 0 Å². The van der Waals surface area contributed by atoms with Crippen LogP contribution in [0.2, 0.25) is 0 Å². The van der Waals surface area contributed by atoms with Crippen LogP contribution in [0.1, 0.15) is 19.6 Å². The van der Waals surface area contributed by atoms with Crippen molar-refractivity contribution in [2.45, 2.75) is 20.3 Å². The molecule has 0 fully saturated rings. The zero-order chi connectivity index (χ0) is 9.14. The van der Waals surface area contributed by atoms with Crippen molar-refractivity contribution in [3.63, 3.8) is 0 Å². The summed E-state index contributed by atoms with van der Waals surface area (Å²) in [6.07, 6.45) is 0.670. The molecule has 0 saturated carbocycles. The van der Waals surface area contributed by atoms with Crippen molar-refractivity contribution >= 4 is 0 Å². The summed E-state index contributed by atoms with van der Waals surface area (Å²) in [6, 6.07) is 2.53. The Morgan fingerprint density at radius 2 is 2.17 bits per heavy atom. The van der Waals surface area contributed by atoms with Gasteiger partial charge in [-0.05, 0) is 5.92 Å². The van der Waals surface area contributed by atoms with Crippen molar-refractivity contribution in [3.8, 4) is 5.75 Å². The molecular formula is C9H12O3. The van der Waals surface area contributed by atoms with Crippen LogP contribution in [0.15, 0.2) is 21.3 Å². The maximum Gasteiger partial charge on any atom is 0.339 e. The highest BCUT2D eigenvalue weighted by Gasteiger charge is 2.02. The van der Waals surface area contributed by atoms with Crippen molar-refractivity contribution in [2.24, 2.45) is 5.92 Å². The molecule has 1 rings (SSSR count). The standard InChI is InChI=1S/C9H12O3/c1-6(2)3-8-4-7(10)5-9(11)12-8/h4-6,10H,3H2,1-2H3. The normalized spacial score (nSPS) is 10.6. The van der Waals surface area contributed by atoms with Gasteiger partial charge in [0.15, 0.2) is 0 Å². The Morgan fingerprint density at radius 3 is 2.67 bits per heavy atom. The molecular weight excluding hydrogens is 156 g/mol. The fourth-order valence-electron chi connectivity index (χ4n) is 1.02. The topological polar surface area (TPSA) is 50.4 Å². The van der Waals surface area contributed by atoms with Crippen molar-refractivity contribution in [2.75, 3.05) is 0 Å². The second-order valence-corrected chi connectivity index (χ2v) is 3.20. The SMILES string of the molecule is CC(C)Cc1cc(O)cc(=O)o1. The molecule has 0 aliphatic carbocycles. The zero-order valence-electron chi connectivity index (χ0n) is 7.20. The molecule has 3 heteroatoms. The molecule has 12 heavy (non-hydrogen) atoms. The highest BCUT2D eigenvalue weighted by Crippen LogP contribution is 2.11. The lowest BCUT2D eigenvalue weighted by Gasteiger charge is -2.02. The van der Waals surface area contributed by atoms with Crippen LogP contribution < -0.4 is 5.63 Å². The molecule has 0 saturated heterocycles. The van der Waals surface area contributed by atoms with Gasteiger partial charge >= 0.3 is 5.63 Å². The van der Waals surface area contributed by atoms with E-state index in [0.29, 0.717) is 18.1 Å². The second kappa shape index (κ2) is 3.43. The van der Waals surface area contributed by atoms with Gasteiger partial charge in [-0.3, -0.25) is 0 Å². The summed E-state index contributed by atoms with van der Waals surface area (Å²) < 4.78 is 4.85. The van der Waals surface area contributed by atoms with Gasteiger partial charge in [-0.15, -0.1) is 0 Å². The molecule has 0 aliphatic rings. The molecule has 0 unspecified atom stereocenters. The monoisotopic (exact) mass is 168 g/mol. The van der Waals surface area contributed by atoms with Gasteiger partial charge in [-0.25, -0.2) is 4.79 Å². The van der Waals surface area contributed by atoms with Gasteiger partial charge in [-0.2, -0.15) is 0 Å². The average molecular weight is 168 g/mol. The van der Waals surface area contributed by atoms with E-state index in [-0.39, 0.29) is 5.75 Å². The second-order valence-electron chi connectivity index (χ2n) is 3.20. The third kappa shape index (κ3) is 2.42. The number of hydrogen-bond donors (Lipinski definition) is 1. The summed E-state index contributed by atoms with van der Waals surface area (Å²) in [6.45, 7) is 4.04. The Morgan fingerprint density at radius 1 is 1.50 bits per heavy atom. The summed E-state index contributed by atoms with van der Waals surface area (Å²) in [4.78, 5) is 10.8. The summed E-state index contributed by atoms with van der Waals surface area (Å²) >= 11 is 0. The largest absolute Gasteiger partial charge is 0.508 e. The minimum Gasteiger partial charge on any atom is -0.508 e.